The average molecular weight is 760 g/mol. The monoisotopic (exact) mass is 759 g/mol. The number of phenols is 2. The molecule has 10 heteroatoms. The van der Waals surface area contributed by atoms with Gasteiger partial charge in [-0.15, -0.1) is 0 Å². The number of hydrogen-bond acceptors (Lipinski definition) is 8. The van der Waals surface area contributed by atoms with Crippen molar-refractivity contribution in [3.63, 3.8) is 0 Å². The zero-order valence-electron chi connectivity index (χ0n) is 23.7. The molecule has 1 fully saturated rings. The molecule has 2 bridgehead atoms. The first kappa shape index (κ1) is 29.5. The van der Waals surface area contributed by atoms with E-state index >= 15 is 0 Å². The molecule has 3 N–H and O–H groups in total. The van der Waals surface area contributed by atoms with Crippen LogP contribution in [0.25, 0.3) is 0 Å². The number of nitrogens with one attached hydrogen (secondary N) is 1. The number of nitriles is 1. The van der Waals surface area contributed by atoms with Crippen LogP contribution in [0.3, 0.4) is 0 Å². The van der Waals surface area contributed by atoms with Crippen LogP contribution in [-0.4, -0.2) is 64.4 Å². The number of piperazine rings is 1. The summed E-state index contributed by atoms with van der Waals surface area (Å²) >= 11 is 0. The number of aromatic hydroxyl groups is 2. The van der Waals surface area contributed by atoms with Crippen LogP contribution >= 0.6 is 0 Å². The number of aryl methyl sites for hydroxylation is 1. The first-order valence-corrected chi connectivity index (χ1v) is 13.8. The first-order chi connectivity index (χ1) is 18.7. The molecule has 9 nitrogen and oxygen atoms in total. The summed E-state index contributed by atoms with van der Waals surface area (Å²) in [6.45, 7) is 8.06. The van der Waals surface area contributed by atoms with Gasteiger partial charge in [-0.1, -0.05) is 13.0 Å². The van der Waals surface area contributed by atoms with Gasteiger partial charge < -0.3 is 25.0 Å². The molecule has 0 spiro atoms. The first-order valence-electron chi connectivity index (χ1n) is 13.8. The van der Waals surface area contributed by atoms with Crippen LogP contribution in [0.1, 0.15) is 70.8 Å². The van der Waals surface area contributed by atoms with E-state index in [1.54, 1.807) is 0 Å². The van der Waals surface area contributed by atoms with Crippen LogP contribution in [0.5, 0.6) is 23.0 Å². The third-order valence-corrected chi connectivity index (χ3v) is 9.43. The quantitative estimate of drug-likeness (QED) is 0.435. The van der Waals surface area contributed by atoms with Crippen molar-refractivity contribution in [2.75, 3.05) is 20.4 Å². The van der Waals surface area contributed by atoms with Gasteiger partial charge in [-0.3, -0.25) is 14.6 Å². The predicted molar refractivity (Wildman–Crippen MR) is 144 cm³/mol. The van der Waals surface area contributed by atoms with Crippen LogP contribution < -0.4 is 14.8 Å². The molecule has 2 aromatic rings. The van der Waals surface area contributed by atoms with Gasteiger partial charge in [0, 0.05) is 91.4 Å². The molecule has 4 aliphatic rings. The molecule has 4 heterocycles. The second-order valence-electron chi connectivity index (χ2n) is 11.4. The molecule has 1 saturated heterocycles. The number of ether oxygens (including phenoxy) is 2. The van der Waals surface area contributed by atoms with Gasteiger partial charge in [0.2, 0.25) is 12.7 Å². The number of hydrogen-bond donors (Lipinski definition) is 3. The summed E-state index contributed by atoms with van der Waals surface area (Å²) in [5.41, 5.74) is 6.03. The van der Waals surface area contributed by atoms with Crippen LogP contribution in [0.15, 0.2) is 6.07 Å². The van der Waals surface area contributed by atoms with E-state index in [-0.39, 0.29) is 87.2 Å². The Morgan fingerprint density at radius 2 is 1.82 bits per heavy atom. The zero-order chi connectivity index (χ0) is 27.7. The summed E-state index contributed by atoms with van der Waals surface area (Å²) < 4.78 is 11.7. The number of rotatable bonds is 4. The number of fused-ring (bicyclic) bond motifs is 9. The van der Waals surface area contributed by atoms with Gasteiger partial charge in [-0.05, 0) is 63.8 Å². The van der Waals surface area contributed by atoms with Crippen molar-refractivity contribution in [3.8, 4) is 29.1 Å². The number of amides is 1. The fourth-order valence-electron chi connectivity index (χ4n) is 7.43. The summed E-state index contributed by atoms with van der Waals surface area (Å²) in [6.07, 6.45) is 2.24. The summed E-state index contributed by atoms with van der Waals surface area (Å²) in [5, 5.41) is 36.6. The number of carbonyl (C=O) groups excluding carboxylic acids is 1. The van der Waals surface area contributed by atoms with Crippen molar-refractivity contribution in [1.82, 2.24) is 15.1 Å². The Labute approximate surface area is 271 Å². The molecule has 1 unspecified atom stereocenters. The molecule has 1 amide bonds. The van der Waals surface area contributed by atoms with Crippen molar-refractivity contribution in [3.05, 3.63) is 45.0 Å². The van der Waals surface area contributed by atoms with E-state index in [1.807, 2.05) is 34.7 Å². The van der Waals surface area contributed by atoms with Gasteiger partial charge in [0.05, 0.1) is 18.2 Å². The Morgan fingerprint density at radius 3 is 2.52 bits per heavy atom. The van der Waals surface area contributed by atoms with Gasteiger partial charge in [-0.2, -0.15) is 5.26 Å². The van der Waals surface area contributed by atoms with E-state index < -0.39 is 12.1 Å². The number of carbonyl (C=O) groups is 1. The number of benzene rings is 2. The maximum atomic E-state index is 12.6. The van der Waals surface area contributed by atoms with Crippen molar-refractivity contribution in [2.45, 2.75) is 83.6 Å². The zero-order valence-corrected chi connectivity index (χ0v) is 28.5. The largest absolute Gasteiger partial charge is 0.507 e. The fraction of sp³-hybridized carbons (Fsp3) is 0.533. The topological polar surface area (TPSA) is 118 Å². The number of likely N-dealkylation sites (N-methyl/N-ethyl adjacent to an activating group) is 1. The molecule has 0 aliphatic carbocycles. The minimum atomic E-state index is -0.476. The van der Waals surface area contributed by atoms with Crippen molar-refractivity contribution in [1.29, 1.82) is 5.26 Å². The van der Waals surface area contributed by atoms with Gasteiger partial charge in [-0.25, -0.2) is 0 Å². The standard InChI is InChI=1S/C30H36N4O5.Ac/c1-6-7-23(35)32-12-22-25-18(27(36)16(4)29-30(25)39-13-38-29)10-20-26-24-17(8-14(2)15(3)28(24)37)9-19(33(26)5)21(11-31)34(20)22;/h8,19-22,26,36-37H,6-7,9-10,12-13H2,1-5H3,(H,32,35);/t19-,20?,21+,22+,26+;/m1./s1. The summed E-state index contributed by atoms with van der Waals surface area (Å²) in [4.78, 5) is 17.1. The molecular formula is C30H36AcN4O5. The minimum absolute atomic E-state index is 0. The van der Waals surface area contributed by atoms with Crippen LogP contribution in [0.2, 0.25) is 0 Å². The Bertz CT molecular complexity index is 1420. The van der Waals surface area contributed by atoms with Crippen LogP contribution in [-0.2, 0) is 17.6 Å². The molecule has 5 atom stereocenters. The molecular weight excluding hydrogens is 723 g/mol. The van der Waals surface area contributed by atoms with E-state index in [9.17, 15) is 20.3 Å². The van der Waals surface area contributed by atoms with E-state index in [4.69, 9.17) is 9.47 Å². The van der Waals surface area contributed by atoms with Crippen molar-refractivity contribution < 1.29 is 68.5 Å². The average Bonchev–Trinajstić information content (AvgIpc) is 3.40. The summed E-state index contributed by atoms with van der Waals surface area (Å²) in [6, 6.07) is 3.33. The molecule has 6 rings (SSSR count). The Kier molecular flexibility index (Phi) is 8.09. The fourth-order valence-corrected chi connectivity index (χ4v) is 7.43. The Hall–Kier alpha value is -2.04. The molecule has 4 aliphatic heterocycles. The van der Waals surface area contributed by atoms with Crippen molar-refractivity contribution >= 4 is 5.91 Å². The summed E-state index contributed by atoms with van der Waals surface area (Å²) in [5.74, 6) is 1.52. The molecule has 40 heavy (non-hydrogen) atoms. The third kappa shape index (κ3) is 4.23. The Balaban J connectivity index is 0.00000323. The minimum Gasteiger partial charge on any atom is -0.507 e. The molecule has 0 saturated carbocycles. The Morgan fingerprint density at radius 1 is 1.10 bits per heavy atom. The maximum absolute atomic E-state index is 12.6. The molecule has 209 valence electrons. The van der Waals surface area contributed by atoms with E-state index in [1.165, 1.54) is 0 Å². The van der Waals surface area contributed by atoms with E-state index in [0.717, 1.165) is 39.8 Å². The number of nitrogens with zero attached hydrogens (tertiary/aromatic N) is 3. The maximum Gasteiger partial charge on any atom is 0.231 e. The van der Waals surface area contributed by atoms with E-state index in [2.05, 4.69) is 27.3 Å². The van der Waals surface area contributed by atoms with Gasteiger partial charge in [0.25, 0.3) is 0 Å². The predicted octanol–water partition coefficient (Wildman–Crippen LogP) is 3.44. The SMILES string of the molecule is CCCC(=O)NC[C@H]1c2c(c(O)c(C)c3c2OCO3)CC2[C@H]3c4c(cc(C)c(C)c4O)C[C@H]([C@H](C#N)N21)N3C.[Ac]. The van der Waals surface area contributed by atoms with Crippen LogP contribution in [0, 0.1) is 76.2 Å². The smallest absolute Gasteiger partial charge is 0.231 e. The molecule has 2 aromatic carbocycles. The normalized spacial score (nSPS) is 26.1. The van der Waals surface area contributed by atoms with E-state index in [0.29, 0.717) is 42.1 Å². The third-order valence-electron chi connectivity index (χ3n) is 9.43. The molecule has 1 radical (unpaired) electrons. The number of phenolic OH excluding ortho intramolecular Hbond substituents is 2. The van der Waals surface area contributed by atoms with Gasteiger partial charge >= 0.3 is 0 Å². The second kappa shape index (κ2) is 11.0. The second-order valence-corrected chi connectivity index (χ2v) is 11.4. The van der Waals surface area contributed by atoms with Crippen molar-refractivity contribution in [2.24, 2.45) is 0 Å². The van der Waals surface area contributed by atoms with Crippen LogP contribution in [0.4, 0.5) is 0 Å². The summed E-state index contributed by atoms with van der Waals surface area (Å²) in [7, 11) is 2.03. The van der Waals surface area contributed by atoms with Gasteiger partial charge in [0.1, 0.15) is 17.5 Å². The molecule has 0 aromatic heterocycles. The van der Waals surface area contributed by atoms with Gasteiger partial charge in [0.15, 0.2) is 11.5 Å².